The van der Waals surface area contributed by atoms with Gasteiger partial charge in [-0.2, -0.15) is 0 Å². The number of halogens is 2. The average molecular weight is 373 g/mol. The summed E-state index contributed by atoms with van der Waals surface area (Å²) in [4.78, 5) is 2.41. The Bertz CT molecular complexity index is 568. The molecule has 1 aliphatic rings. The Morgan fingerprint density at radius 1 is 1.10 bits per heavy atom. The van der Waals surface area contributed by atoms with E-state index < -0.39 is 0 Å². The van der Waals surface area contributed by atoms with Crippen molar-refractivity contribution in [3.63, 3.8) is 0 Å². The highest BCUT2D eigenvalue weighted by Gasteiger charge is 2.14. The van der Waals surface area contributed by atoms with Gasteiger partial charge in [-0.1, -0.05) is 34.8 Å². The van der Waals surface area contributed by atoms with E-state index >= 15 is 0 Å². The van der Waals surface area contributed by atoms with E-state index in [0.29, 0.717) is 11.8 Å². The number of hydrogen-bond donors (Lipinski definition) is 0. The molecule has 2 aromatic rings. The first-order valence-electron chi connectivity index (χ1n) is 7.12. The second kappa shape index (κ2) is 7.92. The van der Waals surface area contributed by atoms with Crippen LogP contribution in [-0.4, -0.2) is 28.2 Å². The van der Waals surface area contributed by atoms with Crippen LogP contribution >= 0.6 is 28.3 Å². The van der Waals surface area contributed by atoms with Crippen LogP contribution < -0.4 is 0 Å². The van der Waals surface area contributed by atoms with Crippen molar-refractivity contribution in [1.29, 1.82) is 0 Å². The number of benzene rings is 1. The number of nitrogens with zero attached hydrogens (tertiary/aromatic N) is 3. The third kappa shape index (κ3) is 4.53. The molecular formula is C15H19BrClN3O. The standard InChI is InChI=1S/C15H18BrN3O.ClH/c16-13-7-5-6-12(10-13)15-18-17-14(20-15)11-19-8-3-1-2-4-9-19;/h5-7,10H,1-4,8-9,11H2;1H. The Balaban J connectivity index is 0.00000161. The molecule has 0 spiro atoms. The van der Waals surface area contributed by atoms with Gasteiger partial charge in [-0.15, -0.1) is 22.6 Å². The van der Waals surface area contributed by atoms with E-state index in [1.807, 2.05) is 24.3 Å². The molecule has 0 bridgehead atoms. The molecule has 6 heteroatoms. The molecule has 21 heavy (non-hydrogen) atoms. The summed E-state index contributed by atoms with van der Waals surface area (Å²) in [5.74, 6) is 1.30. The lowest BCUT2D eigenvalue weighted by Gasteiger charge is -2.16. The zero-order valence-corrected chi connectivity index (χ0v) is 14.2. The van der Waals surface area contributed by atoms with Crippen LogP contribution in [0.5, 0.6) is 0 Å². The van der Waals surface area contributed by atoms with Crippen molar-refractivity contribution in [3.8, 4) is 11.5 Å². The van der Waals surface area contributed by atoms with E-state index in [4.69, 9.17) is 4.42 Å². The van der Waals surface area contributed by atoms with Crippen molar-refractivity contribution in [3.05, 3.63) is 34.6 Å². The van der Waals surface area contributed by atoms with Gasteiger partial charge >= 0.3 is 0 Å². The van der Waals surface area contributed by atoms with Crippen LogP contribution in [0.2, 0.25) is 0 Å². The highest BCUT2D eigenvalue weighted by molar-refractivity contribution is 9.10. The van der Waals surface area contributed by atoms with Crippen molar-refractivity contribution in [2.45, 2.75) is 32.2 Å². The Kier molecular flexibility index (Phi) is 6.21. The molecule has 4 nitrogen and oxygen atoms in total. The molecular weight excluding hydrogens is 354 g/mol. The highest BCUT2D eigenvalue weighted by atomic mass is 79.9. The average Bonchev–Trinajstić information content (AvgIpc) is 2.75. The molecule has 0 radical (unpaired) electrons. The number of aromatic nitrogens is 2. The third-order valence-electron chi connectivity index (χ3n) is 3.60. The number of hydrogen-bond acceptors (Lipinski definition) is 4. The van der Waals surface area contributed by atoms with E-state index in [0.717, 1.165) is 29.7 Å². The van der Waals surface area contributed by atoms with Crippen LogP contribution in [0.3, 0.4) is 0 Å². The molecule has 1 saturated heterocycles. The van der Waals surface area contributed by atoms with Crippen molar-refractivity contribution in [2.24, 2.45) is 0 Å². The SMILES string of the molecule is Brc1cccc(-c2nnc(CN3CCCCCC3)o2)c1.Cl. The van der Waals surface area contributed by atoms with E-state index in [1.165, 1.54) is 25.7 Å². The summed E-state index contributed by atoms with van der Waals surface area (Å²) >= 11 is 3.46. The Labute approximate surface area is 139 Å². The number of likely N-dealkylation sites (tertiary alicyclic amines) is 1. The zero-order valence-electron chi connectivity index (χ0n) is 11.8. The van der Waals surface area contributed by atoms with E-state index in [1.54, 1.807) is 0 Å². The summed E-state index contributed by atoms with van der Waals surface area (Å²) in [5.41, 5.74) is 0.953. The lowest BCUT2D eigenvalue weighted by Crippen LogP contribution is -2.24. The maximum atomic E-state index is 5.78. The minimum Gasteiger partial charge on any atom is -0.419 e. The van der Waals surface area contributed by atoms with Gasteiger partial charge in [0.25, 0.3) is 0 Å². The fraction of sp³-hybridized carbons (Fsp3) is 0.467. The minimum atomic E-state index is 0. The van der Waals surface area contributed by atoms with Gasteiger partial charge in [-0.25, -0.2) is 0 Å². The van der Waals surface area contributed by atoms with Crippen molar-refractivity contribution >= 4 is 28.3 Å². The molecule has 1 aromatic carbocycles. The molecule has 3 rings (SSSR count). The Morgan fingerprint density at radius 3 is 2.57 bits per heavy atom. The van der Waals surface area contributed by atoms with Crippen LogP contribution in [0, 0.1) is 0 Å². The molecule has 0 amide bonds. The van der Waals surface area contributed by atoms with Gasteiger partial charge in [0.15, 0.2) is 0 Å². The quantitative estimate of drug-likeness (QED) is 0.805. The summed E-state index contributed by atoms with van der Waals surface area (Å²) in [7, 11) is 0. The first kappa shape index (κ1) is 16.5. The summed E-state index contributed by atoms with van der Waals surface area (Å²) in [6.45, 7) is 3.03. The summed E-state index contributed by atoms with van der Waals surface area (Å²) in [6.07, 6.45) is 5.21. The molecule has 0 N–H and O–H groups in total. The maximum Gasteiger partial charge on any atom is 0.247 e. The summed E-state index contributed by atoms with van der Waals surface area (Å²) < 4.78 is 6.80. The Morgan fingerprint density at radius 2 is 1.86 bits per heavy atom. The van der Waals surface area contributed by atoms with Gasteiger partial charge in [0.2, 0.25) is 11.8 Å². The molecule has 0 aliphatic carbocycles. The second-order valence-corrected chi connectivity index (χ2v) is 6.12. The normalized spacial score (nSPS) is 16.2. The summed E-state index contributed by atoms with van der Waals surface area (Å²) in [5, 5.41) is 8.33. The molecule has 0 saturated carbocycles. The van der Waals surface area contributed by atoms with Crippen molar-refractivity contribution in [1.82, 2.24) is 15.1 Å². The van der Waals surface area contributed by atoms with Gasteiger partial charge in [-0.3, -0.25) is 4.90 Å². The van der Waals surface area contributed by atoms with Crippen LogP contribution in [-0.2, 0) is 6.54 Å². The Hall–Kier alpha value is -0.910. The number of rotatable bonds is 3. The van der Waals surface area contributed by atoms with Gasteiger partial charge < -0.3 is 4.42 Å². The van der Waals surface area contributed by atoms with Gasteiger partial charge in [-0.05, 0) is 44.1 Å². The van der Waals surface area contributed by atoms with Crippen LogP contribution in [0.25, 0.3) is 11.5 Å². The largest absolute Gasteiger partial charge is 0.419 e. The first-order chi connectivity index (χ1) is 9.81. The van der Waals surface area contributed by atoms with Gasteiger partial charge in [0, 0.05) is 10.0 Å². The minimum absolute atomic E-state index is 0. The van der Waals surface area contributed by atoms with E-state index in [9.17, 15) is 0 Å². The van der Waals surface area contributed by atoms with E-state index in [2.05, 4.69) is 31.0 Å². The lowest BCUT2D eigenvalue weighted by molar-refractivity contribution is 0.249. The predicted octanol–water partition coefficient (Wildman–Crippen LogP) is 4.30. The summed E-state index contributed by atoms with van der Waals surface area (Å²) in [6, 6.07) is 7.92. The molecule has 1 aromatic heterocycles. The highest BCUT2D eigenvalue weighted by Crippen LogP contribution is 2.22. The third-order valence-corrected chi connectivity index (χ3v) is 4.09. The van der Waals surface area contributed by atoms with E-state index in [-0.39, 0.29) is 12.4 Å². The molecule has 0 unspecified atom stereocenters. The smallest absolute Gasteiger partial charge is 0.247 e. The lowest BCUT2D eigenvalue weighted by atomic mass is 10.2. The fourth-order valence-corrected chi connectivity index (χ4v) is 2.94. The van der Waals surface area contributed by atoms with Crippen LogP contribution in [0.1, 0.15) is 31.6 Å². The predicted molar refractivity (Wildman–Crippen MR) is 88.4 cm³/mol. The topological polar surface area (TPSA) is 42.2 Å². The van der Waals surface area contributed by atoms with Crippen LogP contribution in [0.4, 0.5) is 0 Å². The second-order valence-electron chi connectivity index (χ2n) is 5.20. The molecule has 0 atom stereocenters. The van der Waals surface area contributed by atoms with Crippen molar-refractivity contribution in [2.75, 3.05) is 13.1 Å². The first-order valence-corrected chi connectivity index (χ1v) is 7.91. The monoisotopic (exact) mass is 371 g/mol. The van der Waals surface area contributed by atoms with Gasteiger partial charge in [0.1, 0.15) is 0 Å². The zero-order chi connectivity index (χ0) is 13.8. The molecule has 1 aliphatic heterocycles. The molecule has 114 valence electrons. The fourth-order valence-electron chi connectivity index (χ4n) is 2.54. The maximum absolute atomic E-state index is 5.78. The molecule has 2 heterocycles. The van der Waals surface area contributed by atoms with Crippen molar-refractivity contribution < 1.29 is 4.42 Å². The molecule has 1 fully saturated rings. The van der Waals surface area contributed by atoms with Crippen LogP contribution in [0.15, 0.2) is 33.2 Å². The van der Waals surface area contributed by atoms with Gasteiger partial charge in [0.05, 0.1) is 6.54 Å².